The van der Waals surface area contributed by atoms with Gasteiger partial charge in [-0.15, -0.1) is 0 Å². The molecule has 0 saturated carbocycles. The van der Waals surface area contributed by atoms with Crippen molar-refractivity contribution < 1.29 is 9.15 Å². The fourth-order valence-electron chi connectivity index (χ4n) is 3.60. The van der Waals surface area contributed by atoms with Gasteiger partial charge in [-0.25, -0.2) is 0 Å². The van der Waals surface area contributed by atoms with Crippen molar-refractivity contribution in [2.75, 3.05) is 64.8 Å². The molecule has 2 saturated heterocycles. The Morgan fingerprint density at radius 1 is 1.32 bits per heavy atom. The van der Waals surface area contributed by atoms with Gasteiger partial charge in [0.1, 0.15) is 5.76 Å². The third-order valence-electron chi connectivity index (χ3n) is 5.37. The van der Waals surface area contributed by atoms with Crippen LogP contribution < -0.4 is 5.32 Å². The molecule has 3 heterocycles. The van der Waals surface area contributed by atoms with Gasteiger partial charge in [-0.1, -0.05) is 13.8 Å². The van der Waals surface area contributed by atoms with Crippen LogP contribution in [0.5, 0.6) is 0 Å². The van der Waals surface area contributed by atoms with Crippen LogP contribution in [0.3, 0.4) is 0 Å². The number of aliphatic imine (C=N–C) groups is 1. The molecule has 1 atom stereocenters. The van der Waals surface area contributed by atoms with E-state index in [4.69, 9.17) is 14.1 Å². The van der Waals surface area contributed by atoms with Gasteiger partial charge < -0.3 is 19.4 Å². The van der Waals surface area contributed by atoms with E-state index >= 15 is 0 Å². The highest BCUT2D eigenvalue weighted by atomic mass is 32.2. The van der Waals surface area contributed by atoms with Gasteiger partial charge in [0.05, 0.1) is 19.5 Å². The van der Waals surface area contributed by atoms with Crippen LogP contribution in [0.2, 0.25) is 0 Å². The first-order valence-corrected chi connectivity index (χ1v) is 11.7. The minimum atomic E-state index is 0.680. The average Bonchev–Trinajstić information content (AvgIpc) is 3.24. The van der Waals surface area contributed by atoms with Crippen LogP contribution in [0.4, 0.5) is 0 Å². The SMILES string of the molecule is CC(C)C1CN(C(=NCCCN2CCOCC2)NCCc2ccco2)CCS1. The first-order chi connectivity index (χ1) is 13.7. The van der Waals surface area contributed by atoms with E-state index in [9.17, 15) is 0 Å². The van der Waals surface area contributed by atoms with Crippen molar-refractivity contribution in [2.24, 2.45) is 10.9 Å². The summed E-state index contributed by atoms with van der Waals surface area (Å²) in [5, 5.41) is 4.28. The zero-order valence-corrected chi connectivity index (χ0v) is 18.3. The van der Waals surface area contributed by atoms with Crippen LogP contribution in [0.25, 0.3) is 0 Å². The Labute approximate surface area is 174 Å². The van der Waals surface area contributed by atoms with Crippen molar-refractivity contribution in [3.63, 3.8) is 0 Å². The fourth-order valence-corrected chi connectivity index (χ4v) is 4.89. The van der Waals surface area contributed by atoms with Crippen LogP contribution >= 0.6 is 11.8 Å². The molecular formula is C21H36N4O2S. The number of ether oxygens (including phenoxy) is 1. The minimum Gasteiger partial charge on any atom is -0.469 e. The first-order valence-electron chi connectivity index (χ1n) is 10.7. The number of hydrogen-bond acceptors (Lipinski definition) is 5. The lowest BCUT2D eigenvalue weighted by atomic mass is 10.1. The maximum Gasteiger partial charge on any atom is 0.194 e. The molecule has 2 aliphatic rings. The Morgan fingerprint density at radius 2 is 2.18 bits per heavy atom. The second-order valence-electron chi connectivity index (χ2n) is 7.87. The molecule has 3 rings (SSSR count). The molecule has 0 radical (unpaired) electrons. The number of thioether (sulfide) groups is 1. The lowest BCUT2D eigenvalue weighted by Gasteiger charge is -2.36. The van der Waals surface area contributed by atoms with Gasteiger partial charge in [0.15, 0.2) is 5.96 Å². The maximum absolute atomic E-state index is 5.46. The predicted octanol–water partition coefficient (Wildman–Crippen LogP) is 2.56. The van der Waals surface area contributed by atoms with Crippen molar-refractivity contribution in [1.82, 2.24) is 15.1 Å². The molecule has 1 aromatic rings. The summed E-state index contributed by atoms with van der Waals surface area (Å²) in [7, 11) is 0. The molecule has 28 heavy (non-hydrogen) atoms. The molecule has 1 N–H and O–H groups in total. The highest BCUT2D eigenvalue weighted by Gasteiger charge is 2.25. The molecule has 6 nitrogen and oxygen atoms in total. The van der Waals surface area contributed by atoms with E-state index in [2.05, 4.69) is 40.7 Å². The number of rotatable bonds is 8. The highest BCUT2D eigenvalue weighted by molar-refractivity contribution is 8.00. The number of guanidine groups is 1. The van der Waals surface area contributed by atoms with Crippen molar-refractivity contribution in [1.29, 1.82) is 0 Å². The van der Waals surface area contributed by atoms with Crippen LogP contribution in [-0.2, 0) is 11.2 Å². The van der Waals surface area contributed by atoms with E-state index in [1.807, 2.05) is 12.1 Å². The summed E-state index contributed by atoms with van der Waals surface area (Å²) in [4.78, 5) is 9.92. The lowest BCUT2D eigenvalue weighted by molar-refractivity contribution is 0.0377. The molecule has 0 spiro atoms. The van der Waals surface area contributed by atoms with E-state index in [-0.39, 0.29) is 0 Å². The topological polar surface area (TPSA) is 53.2 Å². The van der Waals surface area contributed by atoms with Crippen molar-refractivity contribution in [3.8, 4) is 0 Å². The molecule has 2 fully saturated rings. The summed E-state index contributed by atoms with van der Waals surface area (Å²) in [5.41, 5.74) is 0. The molecule has 0 aliphatic carbocycles. The normalized spacial score (nSPS) is 22.0. The van der Waals surface area contributed by atoms with Gasteiger partial charge in [-0.2, -0.15) is 11.8 Å². The molecule has 7 heteroatoms. The Morgan fingerprint density at radius 3 is 2.93 bits per heavy atom. The molecule has 0 bridgehead atoms. The van der Waals surface area contributed by atoms with E-state index in [0.717, 1.165) is 83.6 Å². The Balaban J connectivity index is 1.51. The quantitative estimate of drug-likeness (QED) is 0.405. The first kappa shape index (κ1) is 21.5. The lowest BCUT2D eigenvalue weighted by Crippen LogP contribution is -2.49. The number of nitrogens with one attached hydrogen (secondary N) is 1. The molecule has 2 aliphatic heterocycles. The van der Waals surface area contributed by atoms with Crippen molar-refractivity contribution in [2.45, 2.75) is 31.9 Å². The van der Waals surface area contributed by atoms with Gasteiger partial charge in [-0.05, 0) is 24.5 Å². The second kappa shape index (κ2) is 11.7. The summed E-state index contributed by atoms with van der Waals surface area (Å²) in [6.45, 7) is 13.5. The molecule has 1 unspecified atom stereocenters. The summed E-state index contributed by atoms with van der Waals surface area (Å²) in [5.74, 6) is 3.96. The number of nitrogens with zero attached hydrogens (tertiary/aromatic N) is 3. The fraction of sp³-hybridized carbons (Fsp3) is 0.762. The monoisotopic (exact) mass is 408 g/mol. The second-order valence-corrected chi connectivity index (χ2v) is 9.22. The van der Waals surface area contributed by atoms with Gasteiger partial charge in [0.25, 0.3) is 0 Å². The highest BCUT2D eigenvalue weighted by Crippen LogP contribution is 2.24. The molecule has 1 aromatic heterocycles. The molecular weight excluding hydrogens is 372 g/mol. The number of furan rings is 1. The largest absolute Gasteiger partial charge is 0.469 e. The zero-order valence-electron chi connectivity index (χ0n) is 17.4. The number of hydrogen-bond donors (Lipinski definition) is 1. The van der Waals surface area contributed by atoms with Crippen LogP contribution in [0.15, 0.2) is 27.8 Å². The summed E-state index contributed by atoms with van der Waals surface area (Å²) >= 11 is 2.10. The summed E-state index contributed by atoms with van der Waals surface area (Å²) in [6.07, 6.45) is 3.72. The standard InChI is InChI=1S/C21H36N4O2S/c1-18(2)20-17-25(12-16-28-20)21(23-8-6-19-5-3-13-27-19)22-7-4-9-24-10-14-26-15-11-24/h3,5,13,18,20H,4,6-12,14-17H2,1-2H3,(H,22,23). The van der Waals surface area contributed by atoms with Gasteiger partial charge in [-0.3, -0.25) is 9.89 Å². The molecule has 0 aromatic carbocycles. The van der Waals surface area contributed by atoms with Crippen molar-refractivity contribution >= 4 is 17.7 Å². The third kappa shape index (κ3) is 7.01. The smallest absolute Gasteiger partial charge is 0.194 e. The minimum absolute atomic E-state index is 0.680. The summed E-state index contributed by atoms with van der Waals surface area (Å²) in [6, 6.07) is 3.98. The Hall–Kier alpha value is -1.18. The molecule has 0 amide bonds. The average molecular weight is 409 g/mol. The predicted molar refractivity (Wildman–Crippen MR) is 117 cm³/mol. The maximum atomic E-state index is 5.46. The summed E-state index contributed by atoms with van der Waals surface area (Å²) < 4.78 is 10.9. The number of morpholine rings is 1. The molecule has 158 valence electrons. The zero-order chi connectivity index (χ0) is 19.6. The van der Waals surface area contributed by atoms with E-state index in [1.54, 1.807) is 6.26 Å². The Kier molecular flexibility index (Phi) is 9.02. The van der Waals surface area contributed by atoms with Gasteiger partial charge >= 0.3 is 0 Å². The third-order valence-corrected chi connectivity index (χ3v) is 6.91. The van der Waals surface area contributed by atoms with Crippen LogP contribution in [0, 0.1) is 5.92 Å². The van der Waals surface area contributed by atoms with Crippen LogP contribution in [-0.4, -0.2) is 85.8 Å². The van der Waals surface area contributed by atoms with E-state index < -0.39 is 0 Å². The van der Waals surface area contributed by atoms with E-state index in [0.29, 0.717) is 11.2 Å². The van der Waals surface area contributed by atoms with Crippen molar-refractivity contribution in [3.05, 3.63) is 24.2 Å². The Bertz CT molecular complexity index is 573. The van der Waals surface area contributed by atoms with Crippen LogP contribution in [0.1, 0.15) is 26.0 Å². The van der Waals surface area contributed by atoms with Gasteiger partial charge in [0.2, 0.25) is 0 Å². The van der Waals surface area contributed by atoms with Gasteiger partial charge in [0, 0.05) is 63.2 Å². The van der Waals surface area contributed by atoms with E-state index in [1.165, 1.54) is 5.75 Å².